The summed E-state index contributed by atoms with van der Waals surface area (Å²) in [6.45, 7) is 4.70. The summed E-state index contributed by atoms with van der Waals surface area (Å²) < 4.78 is 9.06. The van der Waals surface area contributed by atoms with Gasteiger partial charge in [-0.2, -0.15) is 0 Å². The van der Waals surface area contributed by atoms with E-state index in [-0.39, 0.29) is 5.41 Å². The number of aromatic nitrogens is 3. The molecule has 9 aromatic carbocycles. The molecular weight excluding hydrogens is 811 g/mol. The highest BCUT2D eigenvalue weighted by Crippen LogP contribution is 2.52. The number of nitrogens with zero attached hydrogens (tertiary/aromatic N) is 3. The second-order valence-electron chi connectivity index (χ2n) is 17.5. The summed E-state index contributed by atoms with van der Waals surface area (Å²) in [6.07, 6.45) is 0. The average Bonchev–Trinajstić information content (AvgIpc) is 4.01. The molecule has 0 saturated heterocycles. The van der Waals surface area contributed by atoms with Crippen molar-refractivity contribution in [2.45, 2.75) is 19.3 Å². The molecule has 0 radical (unpaired) electrons. The van der Waals surface area contributed by atoms with Crippen LogP contribution in [0.1, 0.15) is 25.0 Å². The van der Waals surface area contributed by atoms with Crippen LogP contribution in [0, 0.1) is 0 Å². The second kappa shape index (κ2) is 14.5. The van der Waals surface area contributed by atoms with E-state index in [1.165, 1.54) is 53.6 Å². The molecule has 3 aromatic heterocycles. The molecule has 0 atom stereocenters. The average molecular weight is 850 g/mol. The van der Waals surface area contributed by atoms with Crippen molar-refractivity contribution in [2.75, 3.05) is 0 Å². The molecular formula is C60H39N3OS. The van der Waals surface area contributed by atoms with Crippen LogP contribution in [0.5, 0.6) is 0 Å². The number of benzene rings is 9. The van der Waals surface area contributed by atoms with E-state index in [0.29, 0.717) is 17.5 Å². The Labute approximate surface area is 380 Å². The molecule has 0 bridgehead atoms. The minimum absolute atomic E-state index is 0.0914. The minimum atomic E-state index is -0.0914. The summed E-state index contributed by atoms with van der Waals surface area (Å²) in [5.41, 5.74) is 16.7. The lowest BCUT2D eigenvalue weighted by molar-refractivity contribution is 0.662. The van der Waals surface area contributed by atoms with Crippen molar-refractivity contribution >= 4 is 53.4 Å². The Hall–Kier alpha value is -7.99. The van der Waals surface area contributed by atoms with Crippen molar-refractivity contribution in [3.8, 4) is 78.7 Å². The summed E-state index contributed by atoms with van der Waals surface area (Å²) in [6, 6.07) is 71.3. The highest BCUT2D eigenvalue weighted by Gasteiger charge is 2.37. The van der Waals surface area contributed by atoms with Crippen molar-refractivity contribution in [3.63, 3.8) is 0 Å². The van der Waals surface area contributed by atoms with E-state index in [0.717, 1.165) is 60.9 Å². The van der Waals surface area contributed by atoms with E-state index in [1.807, 2.05) is 18.2 Å². The Morgan fingerprint density at radius 3 is 1.78 bits per heavy atom. The smallest absolute Gasteiger partial charge is 0.164 e. The van der Waals surface area contributed by atoms with Crippen LogP contribution in [0.4, 0.5) is 0 Å². The monoisotopic (exact) mass is 849 g/mol. The highest BCUT2D eigenvalue weighted by molar-refractivity contribution is 7.25. The van der Waals surface area contributed by atoms with Gasteiger partial charge in [0.25, 0.3) is 0 Å². The lowest BCUT2D eigenvalue weighted by Gasteiger charge is -2.24. The summed E-state index contributed by atoms with van der Waals surface area (Å²) in [5.74, 6) is 1.83. The van der Waals surface area contributed by atoms with Crippen LogP contribution in [0.2, 0.25) is 0 Å². The lowest BCUT2D eigenvalue weighted by atomic mass is 9.79. The molecule has 1 aliphatic rings. The van der Waals surface area contributed by atoms with Gasteiger partial charge in [0.15, 0.2) is 17.5 Å². The maximum atomic E-state index is 6.57. The topological polar surface area (TPSA) is 51.8 Å². The Bertz CT molecular complexity index is 3840. The summed E-state index contributed by atoms with van der Waals surface area (Å²) in [5, 5.41) is 4.42. The van der Waals surface area contributed by atoms with Crippen molar-refractivity contribution in [1.82, 2.24) is 15.0 Å². The fraction of sp³-hybridized carbons (Fsp3) is 0.0500. The Morgan fingerprint density at radius 2 is 0.938 bits per heavy atom. The maximum Gasteiger partial charge on any atom is 0.164 e. The molecule has 306 valence electrons. The van der Waals surface area contributed by atoms with Crippen LogP contribution < -0.4 is 0 Å². The molecule has 0 N–H and O–H groups in total. The third-order valence-electron chi connectivity index (χ3n) is 13.4. The number of rotatable bonds is 6. The van der Waals surface area contributed by atoms with Crippen LogP contribution in [0.15, 0.2) is 205 Å². The third-order valence-corrected chi connectivity index (χ3v) is 14.5. The molecule has 5 heteroatoms. The first-order chi connectivity index (χ1) is 31.9. The molecule has 0 spiro atoms. The molecule has 0 aliphatic heterocycles. The minimum Gasteiger partial charge on any atom is -0.456 e. The van der Waals surface area contributed by atoms with Gasteiger partial charge in [-0.25, -0.2) is 15.0 Å². The standard InChI is InChI=1S/C60H39N3OS/c1-60(2)50-19-8-6-14-44(50)46-17-10-16-43(56(46)60)39-26-22-38(23-27-39)41-30-32-51-49(34-41)55-47(18-11-20-52(55)64-51)59-62-57(40-28-24-37(25-29-40)36-12-4-3-5-13-36)61-58(63-59)42-31-33-54-48(35-42)45-15-7-9-21-53(45)65-54/h3-35H,1-2H3. The second-order valence-corrected chi connectivity index (χ2v) is 18.6. The van der Waals surface area contributed by atoms with Gasteiger partial charge in [0, 0.05) is 53.1 Å². The zero-order valence-corrected chi connectivity index (χ0v) is 36.5. The molecule has 0 amide bonds. The molecule has 13 rings (SSSR count). The van der Waals surface area contributed by atoms with Crippen LogP contribution in [0.3, 0.4) is 0 Å². The van der Waals surface area contributed by atoms with Gasteiger partial charge in [0.1, 0.15) is 11.2 Å². The quantitative estimate of drug-likeness (QED) is 0.167. The number of furan rings is 1. The fourth-order valence-electron chi connectivity index (χ4n) is 10.2. The highest BCUT2D eigenvalue weighted by atomic mass is 32.1. The van der Waals surface area contributed by atoms with Crippen LogP contribution in [0.25, 0.3) is 121 Å². The van der Waals surface area contributed by atoms with Gasteiger partial charge in [-0.3, -0.25) is 0 Å². The molecule has 0 fully saturated rings. The van der Waals surface area contributed by atoms with Crippen molar-refractivity contribution in [1.29, 1.82) is 0 Å². The van der Waals surface area contributed by atoms with Crippen molar-refractivity contribution < 1.29 is 4.42 Å². The Balaban J connectivity index is 0.929. The van der Waals surface area contributed by atoms with E-state index in [1.54, 1.807) is 11.3 Å². The van der Waals surface area contributed by atoms with E-state index in [2.05, 4.69) is 196 Å². The number of thiophene rings is 1. The maximum absolute atomic E-state index is 6.57. The predicted octanol–water partition coefficient (Wildman–Crippen LogP) is 16.4. The molecule has 4 nitrogen and oxygen atoms in total. The summed E-state index contributed by atoms with van der Waals surface area (Å²) >= 11 is 1.81. The first kappa shape index (κ1) is 37.6. The lowest BCUT2D eigenvalue weighted by Crippen LogP contribution is -2.16. The van der Waals surface area contributed by atoms with E-state index >= 15 is 0 Å². The van der Waals surface area contributed by atoms with Gasteiger partial charge in [0.2, 0.25) is 0 Å². The third kappa shape index (κ3) is 6.07. The van der Waals surface area contributed by atoms with Gasteiger partial charge in [-0.05, 0) is 98.1 Å². The van der Waals surface area contributed by atoms with Crippen LogP contribution >= 0.6 is 11.3 Å². The Kier molecular flexibility index (Phi) is 8.39. The molecule has 1 aliphatic carbocycles. The van der Waals surface area contributed by atoms with Crippen LogP contribution in [-0.2, 0) is 5.41 Å². The van der Waals surface area contributed by atoms with Gasteiger partial charge < -0.3 is 4.42 Å². The SMILES string of the molecule is CC1(C)c2ccccc2-c2cccc(-c3ccc(-c4ccc5oc6cccc(-c7nc(-c8ccc(-c9ccccc9)cc8)nc(-c8ccc9sc%10ccccc%10c9c8)n7)c6c5c4)cc3)c21. The zero-order chi connectivity index (χ0) is 43.2. The largest absolute Gasteiger partial charge is 0.456 e. The number of fused-ring (bicyclic) bond motifs is 9. The predicted molar refractivity (Wildman–Crippen MR) is 270 cm³/mol. The first-order valence-electron chi connectivity index (χ1n) is 22.1. The molecule has 3 heterocycles. The van der Waals surface area contributed by atoms with Gasteiger partial charge >= 0.3 is 0 Å². The van der Waals surface area contributed by atoms with Crippen molar-refractivity contribution in [2.24, 2.45) is 0 Å². The van der Waals surface area contributed by atoms with Gasteiger partial charge in [-0.15, -0.1) is 11.3 Å². The van der Waals surface area contributed by atoms with Gasteiger partial charge in [0.05, 0.1) is 0 Å². The molecule has 65 heavy (non-hydrogen) atoms. The first-order valence-corrected chi connectivity index (χ1v) is 22.9. The van der Waals surface area contributed by atoms with Crippen LogP contribution in [-0.4, -0.2) is 15.0 Å². The van der Waals surface area contributed by atoms with E-state index < -0.39 is 0 Å². The van der Waals surface area contributed by atoms with Crippen molar-refractivity contribution in [3.05, 3.63) is 211 Å². The number of hydrogen-bond acceptors (Lipinski definition) is 5. The van der Waals surface area contributed by atoms with E-state index in [9.17, 15) is 0 Å². The Morgan fingerprint density at radius 1 is 0.369 bits per heavy atom. The molecule has 0 unspecified atom stereocenters. The normalized spacial score (nSPS) is 12.9. The zero-order valence-electron chi connectivity index (χ0n) is 35.7. The molecule has 12 aromatic rings. The summed E-state index contributed by atoms with van der Waals surface area (Å²) in [7, 11) is 0. The van der Waals surface area contributed by atoms with E-state index in [4.69, 9.17) is 19.4 Å². The summed E-state index contributed by atoms with van der Waals surface area (Å²) in [4.78, 5) is 15.7. The van der Waals surface area contributed by atoms with Gasteiger partial charge in [-0.1, -0.05) is 172 Å². The number of hydrogen-bond donors (Lipinski definition) is 0. The molecule has 0 saturated carbocycles. The fourth-order valence-corrected chi connectivity index (χ4v) is 11.3.